The largest absolute Gasteiger partial charge is 0.390 e. The van der Waals surface area contributed by atoms with Crippen molar-refractivity contribution in [2.75, 3.05) is 0 Å². The summed E-state index contributed by atoms with van der Waals surface area (Å²) < 4.78 is 0. The van der Waals surface area contributed by atoms with E-state index in [2.05, 4.69) is 39.8 Å². The summed E-state index contributed by atoms with van der Waals surface area (Å²) in [5.74, 6) is 2.19. The summed E-state index contributed by atoms with van der Waals surface area (Å²) in [6.07, 6.45) is 14.0. The van der Waals surface area contributed by atoms with Gasteiger partial charge in [-0.2, -0.15) is 0 Å². The monoisotopic (exact) mass is 288 g/mol. The Morgan fingerprint density at radius 2 is 1.76 bits per heavy atom. The molecule has 3 fully saturated rings. The van der Waals surface area contributed by atoms with E-state index in [0.29, 0.717) is 22.2 Å². The quantitative estimate of drug-likeness (QED) is 0.626. The Kier molecular flexibility index (Phi) is 2.70. The van der Waals surface area contributed by atoms with Gasteiger partial charge in [0.2, 0.25) is 0 Å². The van der Waals surface area contributed by atoms with Gasteiger partial charge in [0.1, 0.15) is 0 Å². The molecule has 0 saturated heterocycles. The van der Waals surface area contributed by atoms with Crippen molar-refractivity contribution in [2.24, 2.45) is 34.0 Å². The van der Waals surface area contributed by atoms with E-state index in [1.165, 1.54) is 38.5 Å². The molecule has 0 amide bonds. The molecule has 0 aromatic heterocycles. The van der Waals surface area contributed by atoms with Crippen LogP contribution in [0.3, 0.4) is 0 Å². The van der Waals surface area contributed by atoms with Crippen molar-refractivity contribution >= 4 is 0 Å². The lowest BCUT2D eigenvalue weighted by Gasteiger charge is -2.62. The fourth-order valence-electron chi connectivity index (χ4n) is 7.54. The van der Waals surface area contributed by atoms with E-state index in [9.17, 15) is 5.11 Å². The van der Waals surface area contributed by atoms with Crippen molar-refractivity contribution in [2.45, 2.75) is 78.2 Å². The first-order chi connectivity index (χ1) is 9.70. The van der Waals surface area contributed by atoms with Crippen LogP contribution in [0.25, 0.3) is 0 Å². The van der Waals surface area contributed by atoms with Crippen molar-refractivity contribution in [1.82, 2.24) is 0 Å². The normalized spacial score (nSPS) is 57.7. The van der Waals surface area contributed by atoms with Crippen molar-refractivity contribution in [3.05, 3.63) is 12.2 Å². The van der Waals surface area contributed by atoms with Gasteiger partial charge in [0, 0.05) is 0 Å². The topological polar surface area (TPSA) is 20.2 Å². The summed E-state index contributed by atoms with van der Waals surface area (Å²) >= 11 is 0. The SMILES string of the molecule is CC1(C)CC=C[C@@]2(C)[C@H]1CC[C@]13C[C@H](CC[C@@H]12)[C@](C)(O)C3. The highest BCUT2D eigenvalue weighted by Gasteiger charge is 2.65. The number of fused-ring (bicyclic) bond motifs is 3. The number of hydrogen-bond donors (Lipinski definition) is 1. The van der Waals surface area contributed by atoms with Gasteiger partial charge in [-0.15, -0.1) is 0 Å². The molecular weight excluding hydrogens is 256 g/mol. The molecule has 3 saturated carbocycles. The average Bonchev–Trinajstić information content (AvgIpc) is 2.53. The van der Waals surface area contributed by atoms with Crippen LogP contribution in [-0.4, -0.2) is 10.7 Å². The summed E-state index contributed by atoms with van der Waals surface area (Å²) in [6.45, 7) is 9.62. The second-order valence-corrected chi connectivity index (χ2v) is 9.98. The zero-order valence-electron chi connectivity index (χ0n) is 14.3. The van der Waals surface area contributed by atoms with Crippen molar-refractivity contribution in [3.8, 4) is 0 Å². The molecule has 2 bridgehead atoms. The second-order valence-electron chi connectivity index (χ2n) is 9.98. The molecule has 0 radical (unpaired) electrons. The molecule has 4 aliphatic rings. The van der Waals surface area contributed by atoms with Crippen molar-refractivity contribution in [1.29, 1.82) is 0 Å². The molecule has 1 N–H and O–H groups in total. The van der Waals surface area contributed by atoms with Crippen LogP contribution in [0.4, 0.5) is 0 Å². The molecule has 0 aromatic carbocycles. The maximum atomic E-state index is 10.9. The fourth-order valence-corrected chi connectivity index (χ4v) is 7.54. The Morgan fingerprint density at radius 3 is 2.52 bits per heavy atom. The lowest BCUT2D eigenvalue weighted by molar-refractivity contribution is -0.0988. The summed E-state index contributed by atoms with van der Waals surface area (Å²) in [5, 5.41) is 10.9. The predicted octanol–water partition coefficient (Wildman–Crippen LogP) is 4.95. The maximum absolute atomic E-state index is 10.9. The van der Waals surface area contributed by atoms with Gasteiger partial charge in [0.05, 0.1) is 5.60 Å². The van der Waals surface area contributed by atoms with Crippen LogP contribution in [0, 0.1) is 34.0 Å². The smallest absolute Gasteiger partial charge is 0.0653 e. The molecule has 0 unspecified atom stereocenters. The molecule has 1 heteroatoms. The van der Waals surface area contributed by atoms with E-state index in [1.54, 1.807) is 0 Å². The first kappa shape index (κ1) is 14.3. The Hall–Kier alpha value is -0.300. The van der Waals surface area contributed by atoms with Crippen LogP contribution in [0.15, 0.2) is 12.2 Å². The zero-order valence-corrected chi connectivity index (χ0v) is 14.3. The molecule has 4 rings (SSSR count). The second kappa shape index (κ2) is 3.96. The predicted molar refractivity (Wildman–Crippen MR) is 86.9 cm³/mol. The van der Waals surface area contributed by atoms with E-state index in [0.717, 1.165) is 18.3 Å². The van der Waals surface area contributed by atoms with Gasteiger partial charge in [0.15, 0.2) is 0 Å². The first-order valence-corrected chi connectivity index (χ1v) is 9.10. The van der Waals surface area contributed by atoms with Crippen LogP contribution in [0.5, 0.6) is 0 Å². The molecule has 0 heterocycles. The molecule has 6 atom stereocenters. The lowest BCUT2D eigenvalue weighted by Crippen LogP contribution is -2.54. The molecular formula is C20H32O. The minimum absolute atomic E-state index is 0.366. The van der Waals surface area contributed by atoms with E-state index in [1.807, 2.05) is 0 Å². The van der Waals surface area contributed by atoms with E-state index >= 15 is 0 Å². The van der Waals surface area contributed by atoms with E-state index in [-0.39, 0.29) is 0 Å². The summed E-state index contributed by atoms with van der Waals surface area (Å²) in [5.41, 5.74) is 0.857. The van der Waals surface area contributed by atoms with Gasteiger partial charge in [-0.05, 0) is 85.9 Å². The molecule has 4 aliphatic carbocycles. The molecule has 1 spiro atoms. The number of rotatable bonds is 0. The van der Waals surface area contributed by atoms with E-state index in [4.69, 9.17) is 0 Å². The van der Waals surface area contributed by atoms with Gasteiger partial charge in [0.25, 0.3) is 0 Å². The van der Waals surface area contributed by atoms with Gasteiger partial charge < -0.3 is 5.11 Å². The number of allylic oxidation sites excluding steroid dienone is 2. The number of hydrogen-bond acceptors (Lipinski definition) is 1. The van der Waals surface area contributed by atoms with Crippen LogP contribution in [0.1, 0.15) is 72.6 Å². The summed E-state index contributed by atoms with van der Waals surface area (Å²) in [7, 11) is 0. The van der Waals surface area contributed by atoms with Crippen LogP contribution >= 0.6 is 0 Å². The highest BCUT2D eigenvalue weighted by Crippen LogP contribution is 2.71. The third-order valence-corrected chi connectivity index (χ3v) is 8.28. The number of aliphatic hydroxyl groups is 1. The molecule has 21 heavy (non-hydrogen) atoms. The third-order valence-electron chi connectivity index (χ3n) is 8.28. The molecule has 0 aromatic rings. The highest BCUT2D eigenvalue weighted by atomic mass is 16.3. The Balaban J connectivity index is 1.77. The average molecular weight is 288 g/mol. The van der Waals surface area contributed by atoms with Crippen LogP contribution < -0.4 is 0 Å². The lowest BCUT2D eigenvalue weighted by atomic mass is 9.43. The summed E-state index contributed by atoms with van der Waals surface area (Å²) in [4.78, 5) is 0. The van der Waals surface area contributed by atoms with Gasteiger partial charge >= 0.3 is 0 Å². The Labute approximate surface area is 130 Å². The summed E-state index contributed by atoms with van der Waals surface area (Å²) in [6, 6.07) is 0. The minimum atomic E-state index is -0.397. The highest BCUT2D eigenvalue weighted by molar-refractivity contribution is 5.21. The Bertz CT molecular complexity index is 488. The standard InChI is InChI=1S/C20H32O/c1-17(2)9-5-10-18(3)15(17)8-11-20-12-14(6-7-16(18)20)19(4,21)13-20/h5,10,14-16,21H,6-9,11-13H2,1-4H3/t14-,15-,16+,18-,19+,20+/m0/s1. The van der Waals surface area contributed by atoms with E-state index < -0.39 is 5.60 Å². The molecule has 118 valence electrons. The van der Waals surface area contributed by atoms with Crippen molar-refractivity contribution < 1.29 is 5.11 Å². The zero-order chi connectivity index (χ0) is 15.1. The molecule has 0 aliphatic heterocycles. The fraction of sp³-hybridized carbons (Fsp3) is 0.900. The first-order valence-electron chi connectivity index (χ1n) is 9.10. The van der Waals surface area contributed by atoms with Crippen molar-refractivity contribution in [3.63, 3.8) is 0 Å². The van der Waals surface area contributed by atoms with Crippen LogP contribution in [-0.2, 0) is 0 Å². The van der Waals surface area contributed by atoms with Gasteiger partial charge in [-0.25, -0.2) is 0 Å². The minimum Gasteiger partial charge on any atom is -0.390 e. The van der Waals surface area contributed by atoms with Gasteiger partial charge in [-0.3, -0.25) is 0 Å². The van der Waals surface area contributed by atoms with Gasteiger partial charge in [-0.1, -0.05) is 32.9 Å². The maximum Gasteiger partial charge on any atom is 0.0653 e. The van der Waals surface area contributed by atoms with Crippen LogP contribution in [0.2, 0.25) is 0 Å². The Morgan fingerprint density at radius 1 is 1.00 bits per heavy atom. The molecule has 1 nitrogen and oxygen atoms in total. The third kappa shape index (κ3) is 1.73.